The summed E-state index contributed by atoms with van der Waals surface area (Å²) in [7, 11) is 1.24. The van der Waals surface area contributed by atoms with E-state index in [1.165, 1.54) is 13.2 Å². The fraction of sp³-hybridized carbons (Fsp3) is 0.105. The molecular formula is C19H17ClN2O3. The standard InChI is InChI=1S/C19H17ClN2O3/c1-13(14-8-10-16(20)11-9-14)21-22-17(19(24)25-2)12-18(23)15-6-4-3-5-7-15/h3-12,22H,1-2H3/b17-12-,21-13+. The van der Waals surface area contributed by atoms with Gasteiger partial charge in [0, 0.05) is 16.7 Å². The molecule has 0 aromatic heterocycles. The average molecular weight is 357 g/mol. The molecule has 0 atom stereocenters. The van der Waals surface area contributed by atoms with Gasteiger partial charge < -0.3 is 4.74 Å². The Labute approximate surface area is 151 Å². The van der Waals surface area contributed by atoms with Crippen molar-refractivity contribution in [3.63, 3.8) is 0 Å². The smallest absolute Gasteiger partial charge is 0.356 e. The van der Waals surface area contributed by atoms with Crippen LogP contribution in [0.15, 0.2) is 71.5 Å². The maximum absolute atomic E-state index is 12.2. The molecule has 6 heteroatoms. The average Bonchev–Trinajstić information content (AvgIpc) is 2.65. The van der Waals surface area contributed by atoms with Crippen LogP contribution in [0, 0.1) is 0 Å². The first-order valence-electron chi connectivity index (χ1n) is 7.47. The summed E-state index contributed by atoms with van der Waals surface area (Å²) in [6.45, 7) is 1.77. The van der Waals surface area contributed by atoms with Crippen LogP contribution in [0.2, 0.25) is 5.02 Å². The van der Waals surface area contributed by atoms with Crippen LogP contribution in [0.3, 0.4) is 0 Å². The summed E-state index contributed by atoms with van der Waals surface area (Å²) < 4.78 is 4.69. The van der Waals surface area contributed by atoms with E-state index in [0.717, 1.165) is 5.56 Å². The van der Waals surface area contributed by atoms with Crippen LogP contribution >= 0.6 is 11.6 Å². The van der Waals surface area contributed by atoms with Gasteiger partial charge in [-0.25, -0.2) is 4.79 Å². The molecule has 0 fully saturated rings. The molecule has 128 valence electrons. The molecule has 0 saturated heterocycles. The first-order valence-corrected chi connectivity index (χ1v) is 7.84. The van der Waals surface area contributed by atoms with E-state index in [9.17, 15) is 9.59 Å². The molecule has 0 spiro atoms. The summed E-state index contributed by atoms with van der Waals surface area (Å²) >= 11 is 5.86. The highest BCUT2D eigenvalue weighted by molar-refractivity contribution is 6.30. The van der Waals surface area contributed by atoms with Crippen molar-refractivity contribution in [2.75, 3.05) is 7.11 Å². The minimum atomic E-state index is -0.683. The Hall–Kier alpha value is -2.92. The fourth-order valence-corrected chi connectivity index (χ4v) is 2.09. The van der Waals surface area contributed by atoms with Crippen molar-refractivity contribution in [1.82, 2.24) is 5.43 Å². The third-order valence-electron chi connectivity index (χ3n) is 3.35. The number of ether oxygens (including phenoxy) is 1. The maximum atomic E-state index is 12.2. The molecule has 0 aliphatic rings. The van der Waals surface area contributed by atoms with Crippen molar-refractivity contribution < 1.29 is 14.3 Å². The van der Waals surface area contributed by atoms with Crippen LogP contribution in [0.5, 0.6) is 0 Å². The van der Waals surface area contributed by atoms with Gasteiger partial charge in [0.05, 0.1) is 12.8 Å². The number of hydrogen-bond acceptors (Lipinski definition) is 5. The fourth-order valence-electron chi connectivity index (χ4n) is 1.96. The first kappa shape index (κ1) is 18.4. The summed E-state index contributed by atoms with van der Waals surface area (Å²) in [6.07, 6.45) is 1.17. The molecule has 0 radical (unpaired) electrons. The third-order valence-corrected chi connectivity index (χ3v) is 3.60. The van der Waals surface area contributed by atoms with Gasteiger partial charge in [0.15, 0.2) is 5.78 Å². The highest BCUT2D eigenvalue weighted by Gasteiger charge is 2.13. The van der Waals surface area contributed by atoms with E-state index in [1.807, 2.05) is 0 Å². The van der Waals surface area contributed by atoms with Gasteiger partial charge in [-0.2, -0.15) is 5.10 Å². The third kappa shape index (κ3) is 5.29. The van der Waals surface area contributed by atoms with Crippen molar-refractivity contribution in [1.29, 1.82) is 0 Å². The Morgan fingerprint density at radius 2 is 1.68 bits per heavy atom. The number of methoxy groups -OCH3 is 1. The number of nitrogens with one attached hydrogen (secondary N) is 1. The van der Waals surface area contributed by atoms with Gasteiger partial charge in [-0.3, -0.25) is 10.2 Å². The van der Waals surface area contributed by atoms with Crippen LogP contribution in [0.25, 0.3) is 0 Å². The molecule has 0 bridgehead atoms. The first-order chi connectivity index (χ1) is 12.0. The van der Waals surface area contributed by atoms with E-state index < -0.39 is 5.97 Å². The number of allylic oxidation sites excluding steroid dienone is 1. The van der Waals surface area contributed by atoms with Crippen LogP contribution < -0.4 is 5.43 Å². The zero-order chi connectivity index (χ0) is 18.2. The lowest BCUT2D eigenvalue weighted by Gasteiger charge is -2.07. The summed E-state index contributed by atoms with van der Waals surface area (Å²) in [5, 5.41) is 4.76. The van der Waals surface area contributed by atoms with Gasteiger partial charge in [0.25, 0.3) is 0 Å². The second-order valence-electron chi connectivity index (χ2n) is 5.10. The normalized spacial score (nSPS) is 11.8. The van der Waals surface area contributed by atoms with Crippen molar-refractivity contribution in [2.45, 2.75) is 6.92 Å². The van der Waals surface area contributed by atoms with E-state index in [2.05, 4.69) is 10.5 Å². The maximum Gasteiger partial charge on any atom is 0.356 e. The summed E-state index contributed by atoms with van der Waals surface area (Å²) in [4.78, 5) is 24.1. The number of esters is 1. The number of rotatable bonds is 6. The van der Waals surface area contributed by atoms with E-state index in [0.29, 0.717) is 16.3 Å². The zero-order valence-corrected chi connectivity index (χ0v) is 14.6. The van der Waals surface area contributed by atoms with Crippen molar-refractivity contribution in [3.8, 4) is 0 Å². The van der Waals surface area contributed by atoms with Crippen molar-refractivity contribution in [3.05, 3.63) is 82.5 Å². The lowest BCUT2D eigenvalue weighted by Crippen LogP contribution is -2.20. The molecule has 0 amide bonds. The number of ketones is 1. The number of carbonyl (C=O) groups is 2. The summed E-state index contributed by atoms with van der Waals surface area (Å²) in [6, 6.07) is 15.7. The number of hydrazone groups is 1. The van der Waals surface area contributed by atoms with Gasteiger partial charge in [0.2, 0.25) is 0 Å². The molecular weight excluding hydrogens is 340 g/mol. The molecule has 25 heavy (non-hydrogen) atoms. The molecule has 1 N–H and O–H groups in total. The van der Waals surface area contributed by atoms with E-state index in [4.69, 9.17) is 16.3 Å². The molecule has 2 aromatic carbocycles. The molecule has 0 unspecified atom stereocenters. The Morgan fingerprint density at radius 3 is 2.28 bits per heavy atom. The number of hydrogen-bond donors (Lipinski definition) is 1. The monoisotopic (exact) mass is 356 g/mol. The Morgan fingerprint density at radius 1 is 1.04 bits per heavy atom. The summed E-state index contributed by atoms with van der Waals surface area (Å²) in [5.74, 6) is -1.01. The molecule has 0 aliphatic heterocycles. The van der Waals surface area contributed by atoms with E-state index in [1.54, 1.807) is 61.5 Å². The molecule has 2 rings (SSSR count). The van der Waals surface area contributed by atoms with Crippen molar-refractivity contribution in [2.24, 2.45) is 5.10 Å². The minimum absolute atomic E-state index is 0.0512. The molecule has 5 nitrogen and oxygen atoms in total. The van der Waals surface area contributed by atoms with Crippen LogP contribution in [0.1, 0.15) is 22.8 Å². The van der Waals surface area contributed by atoms with Gasteiger partial charge in [-0.05, 0) is 24.6 Å². The summed E-state index contributed by atoms with van der Waals surface area (Å²) in [5.41, 5.74) is 4.47. The number of carbonyl (C=O) groups excluding carboxylic acids is 2. The lowest BCUT2D eigenvalue weighted by molar-refractivity contribution is -0.136. The minimum Gasteiger partial charge on any atom is -0.464 e. The van der Waals surface area contributed by atoms with Crippen LogP contribution in [-0.4, -0.2) is 24.6 Å². The second-order valence-corrected chi connectivity index (χ2v) is 5.53. The predicted molar refractivity (Wildman–Crippen MR) is 97.7 cm³/mol. The van der Waals surface area contributed by atoms with E-state index >= 15 is 0 Å². The zero-order valence-electron chi connectivity index (χ0n) is 13.8. The van der Waals surface area contributed by atoms with Gasteiger partial charge >= 0.3 is 5.97 Å². The predicted octanol–water partition coefficient (Wildman–Crippen LogP) is 3.59. The quantitative estimate of drug-likeness (QED) is 0.282. The van der Waals surface area contributed by atoms with E-state index in [-0.39, 0.29) is 11.5 Å². The van der Waals surface area contributed by atoms with Gasteiger partial charge in [0.1, 0.15) is 5.70 Å². The lowest BCUT2D eigenvalue weighted by atomic mass is 10.1. The largest absolute Gasteiger partial charge is 0.464 e. The highest BCUT2D eigenvalue weighted by atomic mass is 35.5. The molecule has 0 aliphatic carbocycles. The highest BCUT2D eigenvalue weighted by Crippen LogP contribution is 2.10. The number of benzene rings is 2. The topological polar surface area (TPSA) is 67.8 Å². The van der Waals surface area contributed by atoms with Crippen LogP contribution in [0.4, 0.5) is 0 Å². The molecule has 0 saturated carbocycles. The van der Waals surface area contributed by atoms with Crippen molar-refractivity contribution >= 4 is 29.1 Å². The molecule has 0 heterocycles. The van der Waals surface area contributed by atoms with Crippen LogP contribution in [-0.2, 0) is 9.53 Å². The second kappa shape index (κ2) is 8.80. The number of halogens is 1. The number of nitrogens with zero attached hydrogens (tertiary/aromatic N) is 1. The Kier molecular flexibility index (Phi) is 6.48. The SMILES string of the molecule is COC(=O)/C(=C/C(=O)c1ccccc1)N/N=C(\C)c1ccc(Cl)cc1. The van der Waals surface area contributed by atoms with Gasteiger partial charge in [-0.1, -0.05) is 54.1 Å². The van der Waals surface area contributed by atoms with Gasteiger partial charge in [-0.15, -0.1) is 0 Å². The Balaban J connectivity index is 2.22. The Bertz CT molecular complexity index is 812. The molecule has 2 aromatic rings.